The van der Waals surface area contributed by atoms with E-state index in [1.165, 1.54) is 81.4 Å². The predicted molar refractivity (Wildman–Crippen MR) is 232 cm³/mol. The highest BCUT2D eigenvalue weighted by molar-refractivity contribution is 8.03. The van der Waals surface area contributed by atoms with Crippen LogP contribution in [0.15, 0.2) is 191 Å². The van der Waals surface area contributed by atoms with E-state index < -0.39 is 0 Å². The van der Waals surface area contributed by atoms with Crippen molar-refractivity contribution in [1.82, 2.24) is 0 Å². The molecule has 2 heterocycles. The number of rotatable bonds is 5. The molecule has 1 atom stereocenters. The van der Waals surface area contributed by atoms with Crippen LogP contribution in [0.3, 0.4) is 0 Å². The number of thioether (sulfide) groups is 1. The summed E-state index contributed by atoms with van der Waals surface area (Å²) in [6.07, 6.45) is 0.815. The van der Waals surface area contributed by atoms with E-state index in [1.807, 2.05) is 6.07 Å². The van der Waals surface area contributed by atoms with E-state index in [9.17, 15) is 0 Å². The minimum atomic E-state index is 0.181. The van der Waals surface area contributed by atoms with E-state index in [0.717, 1.165) is 38.8 Å². The first-order valence-electron chi connectivity index (χ1n) is 18.6. The minimum absolute atomic E-state index is 0.181. The number of hydrogen-bond acceptors (Lipinski definition) is 2. The van der Waals surface area contributed by atoms with Crippen LogP contribution in [0.2, 0.25) is 0 Å². The third-order valence-electron chi connectivity index (χ3n) is 11.5. The summed E-state index contributed by atoms with van der Waals surface area (Å²) in [6.45, 7) is 9.21. The van der Waals surface area contributed by atoms with E-state index >= 15 is 0 Å². The van der Waals surface area contributed by atoms with Gasteiger partial charge in [-0.3, -0.25) is 0 Å². The van der Waals surface area contributed by atoms with Gasteiger partial charge in [-0.2, -0.15) is 0 Å². The molecule has 10 aromatic rings. The molecule has 0 saturated heterocycles. The Hall–Kier alpha value is -6.35. The summed E-state index contributed by atoms with van der Waals surface area (Å²) in [5.74, 6) is 0.181. The number of fused-ring (bicyclic) bond motifs is 10. The van der Waals surface area contributed by atoms with Crippen molar-refractivity contribution in [3.63, 3.8) is 0 Å². The smallest absolute Gasteiger partial charge is 0.144 e. The molecule has 0 saturated carbocycles. The van der Waals surface area contributed by atoms with Crippen molar-refractivity contribution in [2.75, 3.05) is 0 Å². The van der Waals surface area contributed by atoms with Gasteiger partial charge < -0.3 is 4.42 Å². The Kier molecular flexibility index (Phi) is 6.99. The van der Waals surface area contributed by atoms with E-state index in [4.69, 9.17) is 4.42 Å². The first-order chi connectivity index (χ1) is 26.6. The van der Waals surface area contributed by atoms with Crippen LogP contribution in [-0.4, -0.2) is 0 Å². The van der Waals surface area contributed by atoms with Crippen LogP contribution in [0.5, 0.6) is 0 Å². The van der Waals surface area contributed by atoms with Gasteiger partial charge in [-0.25, -0.2) is 0 Å². The third-order valence-corrected chi connectivity index (χ3v) is 12.7. The van der Waals surface area contributed by atoms with Crippen molar-refractivity contribution in [2.45, 2.75) is 17.2 Å². The molecule has 0 N–H and O–H groups in total. The van der Waals surface area contributed by atoms with Crippen LogP contribution in [0.25, 0.3) is 92.9 Å². The van der Waals surface area contributed by atoms with Crippen LogP contribution < -0.4 is 0 Å². The van der Waals surface area contributed by atoms with Crippen molar-refractivity contribution in [3.05, 3.63) is 193 Å². The van der Waals surface area contributed by atoms with Crippen LogP contribution >= 0.6 is 11.8 Å². The molecule has 0 radical (unpaired) electrons. The lowest BCUT2D eigenvalue weighted by molar-refractivity contribution is 0.672. The molecule has 0 fully saturated rings. The zero-order valence-electron chi connectivity index (χ0n) is 29.6. The molecule has 1 aromatic heterocycles. The van der Waals surface area contributed by atoms with Crippen molar-refractivity contribution in [2.24, 2.45) is 0 Å². The molecule has 2 heteroatoms. The standard InChI is InChI=1S/C52H34OS/c1-31(28-46-32(2)54-52-45(46)27-25-34-24-26-44-39-14-10-11-19-47(39)53-51(44)50(34)52)35-20-21-37-30-38(23-22-36(37)29-35)49-42-17-8-6-15-40(42)48(33-12-4-3-5-13-33)41-16-7-9-18-43(41)49/h3-27,29-30,46H,1-2,28H2. The van der Waals surface area contributed by atoms with Gasteiger partial charge >= 0.3 is 0 Å². The molecule has 1 aliphatic heterocycles. The van der Waals surface area contributed by atoms with E-state index in [0.29, 0.717) is 0 Å². The largest absolute Gasteiger partial charge is 0.455 e. The first-order valence-corrected chi connectivity index (χ1v) is 19.4. The molecule has 54 heavy (non-hydrogen) atoms. The Morgan fingerprint density at radius 1 is 0.537 bits per heavy atom. The van der Waals surface area contributed by atoms with Crippen molar-refractivity contribution in [1.29, 1.82) is 0 Å². The van der Waals surface area contributed by atoms with Gasteiger partial charge in [0.2, 0.25) is 0 Å². The average Bonchev–Trinajstić information content (AvgIpc) is 3.76. The molecule has 0 bridgehead atoms. The van der Waals surface area contributed by atoms with Gasteiger partial charge in [-0.05, 0) is 112 Å². The molecule has 0 amide bonds. The summed E-state index contributed by atoms with van der Waals surface area (Å²) < 4.78 is 6.49. The van der Waals surface area contributed by atoms with Crippen molar-refractivity contribution >= 4 is 82.4 Å². The number of benzene rings is 9. The lowest BCUT2D eigenvalue weighted by atomic mass is 9.85. The molecular weight excluding hydrogens is 673 g/mol. The highest BCUT2D eigenvalue weighted by Gasteiger charge is 2.30. The summed E-state index contributed by atoms with van der Waals surface area (Å²) in [7, 11) is 0. The molecular formula is C52H34OS. The maximum Gasteiger partial charge on any atom is 0.144 e. The third kappa shape index (κ3) is 4.73. The van der Waals surface area contributed by atoms with Gasteiger partial charge in [-0.1, -0.05) is 164 Å². The quantitative estimate of drug-likeness (QED) is 0.165. The molecule has 11 rings (SSSR count). The van der Waals surface area contributed by atoms with E-state index in [-0.39, 0.29) is 5.92 Å². The zero-order valence-corrected chi connectivity index (χ0v) is 30.4. The van der Waals surface area contributed by atoms with Gasteiger partial charge in [0, 0.05) is 27.0 Å². The van der Waals surface area contributed by atoms with E-state index in [2.05, 4.69) is 171 Å². The van der Waals surface area contributed by atoms with Gasteiger partial charge in [-0.15, -0.1) is 0 Å². The van der Waals surface area contributed by atoms with Crippen molar-refractivity contribution < 1.29 is 4.42 Å². The maximum absolute atomic E-state index is 6.49. The summed E-state index contributed by atoms with van der Waals surface area (Å²) in [5, 5.41) is 12.2. The van der Waals surface area contributed by atoms with Gasteiger partial charge in [0.05, 0.1) is 0 Å². The van der Waals surface area contributed by atoms with Crippen LogP contribution in [0.4, 0.5) is 0 Å². The number of hydrogen-bond donors (Lipinski definition) is 0. The van der Waals surface area contributed by atoms with Gasteiger partial charge in [0.1, 0.15) is 11.2 Å². The summed E-state index contributed by atoms with van der Waals surface area (Å²) in [5.41, 5.74) is 10.5. The summed E-state index contributed by atoms with van der Waals surface area (Å²) in [4.78, 5) is 2.43. The highest BCUT2D eigenvalue weighted by Crippen LogP contribution is 2.55. The van der Waals surface area contributed by atoms with Gasteiger partial charge in [0.25, 0.3) is 0 Å². The Labute approximate surface area is 317 Å². The van der Waals surface area contributed by atoms with Crippen molar-refractivity contribution in [3.8, 4) is 22.3 Å². The Bertz CT molecular complexity index is 3140. The second kappa shape index (κ2) is 12.1. The Morgan fingerprint density at radius 2 is 1.13 bits per heavy atom. The Morgan fingerprint density at radius 3 is 1.87 bits per heavy atom. The second-order valence-corrected chi connectivity index (χ2v) is 15.7. The molecule has 1 nitrogen and oxygen atoms in total. The fourth-order valence-electron chi connectivity index (χ4n) is 8.90. The van der Waals surface area contributed by atoms with Crippen LogP contribution in [-0.2, 0) is 0 Å². The topological polar surface area (TPSA) is 13.1 Å². The zero-order chi connectivity index (χ0) is 35.9. The summed E-state index contributed by atoms with van der Waals surface area (Å²) in [6, 6.07) is 59.5. The molecule has 1 aliphatic rings. The average molecular weight is 707 g/mol. The fourth-order valence-corrected chi connectivity index (χ4v) is 10.2. The first kappa shape index (κ1) is 31.2. The fraction of sp³-hybridized carbons (Fsp3) is 0.0385. The molecule has 1 unspecified atom stereocenters. The lowest BCUT2D eigenvalue weighted by Gasteiger charge is -2.18. The van der Waals surface area contributed by atoms with E-state index in [1.54, 1.807) is 11.8 Å². The number of furan rings is 1. The molecule has 9 aromatic carbocycles. The molecule has 254 valence electrons. The second-order valence-electron chi connectivity index (χ2n) is 14.5. The molecule has 0 spiro atoms. The molecule has 0 aliphatic carbocycles. The Balaban J connectivity index is 0.958. The predicted octanol–water partition coefficient (Wildman–Crippen LogP) is 15.3. The monoisotopic (exact) mass is 706 g/mol. The van der Waals surface area contributed by atoms with Gasteiger partial charge in [0.15, 0.2) is 0 Å². The normalized spacial score (nSPS) is 14.2. The SMILES string of the molecule is C=C(CC1C(=C)Sc2c1ccc1ccc3c4ccccc4oc3c21)c1ccc2cc(-c3c4ccccc4c(-c4ccccc4)c4ccccc34)ccc2c1. The highest BCUT2D eigenvalue weighted by atomic mass is 32.2. The maximum atomic E-state index is 6.49. The van der Waals surface area contributed by atoms with Crippen LogP contribution in [0, 0.1) is 0 Å². The lowest BCUT2D eigenvalue weighted by Crippen LogP contribution is -1.97. The van der Waals surface area contributed by atoms with Crippen LogP contribution in [0.1, 0.15) is 23.5 Å². The summed E-state index contributed by atoms with van der Waals surface area (Å²) >= 11 is 1.80. The number of allylic oxidation sites excluding steroid dienone is 2. The minimum Gasteiger partial charge on any atom is -0.455 e. The number of para-hydroxylation sites is 1.